The minimum absolute atomic E-state index is 0.00749. The largest absolute Gasteiger partial charge is 0.469 e. The lowest BCUT2D eigenvalue weighted by molar-refractivity contribution is -0.197. The lowest BCUT2D eigenvalue weighted by atomic mass is 9.73. The molecule has 25 nitrogen and oxygen atoms in total. The SMILES string of the molecule is CC(=O)CC1CCC2(CC1)OCc1cc(C3=Nc4c(N)ncnc4OC3(C)C)ccc12.COC(=O)CC1CCC2(CC1)OCc1cc(C(=O)C(C)(C)Br)ccc12.COC(=O)CC1CCC2(CC1)OCc1cc(C(=O)C(C)C)ccc12.COC(=O)CC1CCC2(CC1)OCc1cc(C3(C(C)C)OCCO3)ccc12.Nc1nc[nH]c(=O)c1N. The summed E-state index contributed by atoms with van der Waals surface area (Å²) in [7, 11) is 4.34. The lowest BCUT2D eigenvalue weighted by Crippen LogP contribution is -2.41. The lowest BCUT2D eigenvalue weighted by Gasteiger charge is -2.37. The molecule has 2 aromatic heterocycles. The van der Waals surface area contributed by atoms with Crippen molar-refractivity contribution in [2.24, 2.45) is 40.5 Å². The molecule has 4 aliphatic carbocycles. The number of nitrogens with one attached hydrogen (secondary N) is 1. The summed E-state index contributed by atoms with van der Waals surface area (Å²) < 4.78 is 57.2. The number of aliphatic imine (C=N–C) groups is 1. The van der Waals surface area contributed by atoms with Gasteiger partial charge in [0.25, 0.3) is 5.56 Å². The quantitative estimate of drug-likeness (QED) is 0.0321. The zero-order valence-electron chi connectivity index (χ0n) is 69.3. The maximum Gasteiger partial charge on any atom is 0.305 e. The zero-order chi connectivity index (χ0) is 83.3. The van der Waals surface area contributed by atoms with Gasteiger partial charge in [0.15, 0.2) is 34.7 Å². The first-order valence-electron chi connectivity index (χ1n) is 41.0. The summed E-state index contributed by atoms with van der Waals surface area (Å²) in [5.41, 5.74) is 29.0. The number of hydrogen-bond donors (Lipinski definition) is 4. The van der Waals surface area contributed by atoms with E-state index < -0.39 is 21.3 Å². The number of aromatic amines is 1. The monoisotopic (exact) mass is 1660 g/mol. The van der Waals surface area contributed by atoms with Gasteiger partial charge in [-0.3, -0.25) is 28.8 Å². The highest BCUT2D eigenvalue weighted by atomic mass is 79.9. The number of benzene rings is 4. The minimum atomic E-state index is -0.649. The molecule has 116 heavy (non-hydrogen) atoms. The number of fused-ring (bicyclic) bond motifs is 9. The normalized spacial score (nSPS) is 25.4. The van der Waals surface area contributed by atoms with Crippen molar-refractivity contribution >= 4 is 79.9 Å². The topological polar surface area (TPSA) is 357 Å². The molecule has 6 aliphatic heterocycles. The number of rotatable bonds is 15. The van der Waals surface area contributed by atoms with Crippen LogP contribution in [0.25, 0.3) is 0 Å². The molecule has 0 atom stereocenters. The van der Waals surface area contributed by atoms with Crippen molar-refractivity contribution in [3.8, 4) is 5.88 Å². The number of nitrogen functional groups attached to an aromatic ring is 3. The third-order valence-electron chi connectivity index (χ3n) is 25.3. The third kappa shape index (κ3) is 18.8. The number of H-pyrrole nitrogens is 1. The van der Waals surface area contributed by atoms with E-state index in [0.29, 0.717) is 106 Å². The molecule has 6 aromatic rings. The third-order valence-corrected chi connectivity index (χ3v) is 25.7. The second kappa shape index (κ2) is 35.9. The number of methoxy groups -OCH3 is 3. The Morgan fingerprint density at radius 1 is 0.543 bits per heavy atom. The second-order valence-corrected chi connectivity index (χ2v) is 36.5. The van der Waals surface area contributed by atoms with Gasteiger partial charge in [-0.15, -0.1) is 0 Å². The van der Waals surface area contributed by atoms with Gasteiger partial charge in [0.05, 0.1) is 99.7 Å². The van der Waals surface area contributed by atoms with Crippen LogP contribution in [-0.4, -0.2) is 105 Å². The molecule has 4 saturated carbocycles. The van der Waals surface area contributed by atoms with E-state index in [2.05, 4.69) is 98.2 Å². The highest BCUT2D eigenvalue weighted by Crippen LogP contribution is 2.55. The van der Waals surface area contributed by atoms with Gasteiger partial charge in [-0.25, -0.2) is 15.0 Å². The fourth-order valence-corrected chi connectivity index (χ4v) is 19.0. The maximum atomic E-state index is 12.5. The van der Waals surface area contributed by atoms with Crippen LogP contribution in [0.3, 0.4) is 0 Å². The van der Waals surface area contributed by atoms with Crippen molar-refractivity contribution in [2.75, 3.05) is 51.7 Å². The number of carbonyl (C=O) groups is 6. The van der Waals surface area contributed by atoms with Crippen molar-refractivity contribution in [1.82, 2.24) is 19.9 Å². The molecule has 10 aliphatic rings. The average Bonchev–Trinajstić information content (AvgIpc) is 1.51. The molecule has 4 aromatic carbocycles. The van der Waals surface area contributed by atoms with Gasteiger partial charge < -0.3 is 74.3 Å². The number of esters is 3. The van der Waals surface area contributed by atoms with E-state index in [-0.39, 0.29) is 81.0 Å². The van der Waals surface area contributed by atoms with Crippen LogP contribution in [0, 0.1) is 35.5 Å². The molecule has 0 amide bonds. The molecule has 1 saturated heterocycles. The number of aromatic nitrogens is 4. The number of nitrogens with zero attached hydrogens (tertiary/aromatic N) is 4. The van der Waals surface area contributed by atoms with Gasteiger partial charge in [-0.1, -0.05) is 92.2 Å². The van der Waals surface area contributed by atoms with Gasteiger partial charge in [0.1, 0.15) is 23.4 Å². The van der Waals surface area contributed by atoms with Crippen molar-refractivity contribution in [1.29, 1.82) is 0 Å². The van der Waals surface area contributed by atoms with E-state index in [1.54, 1.807) is 6.92 Å². The molecular weight excluding hydrogens is 1540 g/mol. The van der Waals surface area contributed by atoms with Crippen molar-refractivity contribution in [2.45, 2.75) is 255 Å². The Kier molecular flexibility index (Phi) is 26.8. The van der Waals surface area contributed by atoms with Crippen LogP contribution in [0.15, 0.2) is 95.2 Å². The zero-order valence-corrected chi connectivity index (χ0v) is 70.9. The van der Waals surface area contributed by atoms with Gasteiger partial charge in [0, 0.05) is 59.8 Å². The number of anilines is 3. The molecule has 26 heteroatoms. The van der Waals surface area contributed by atoms with Crippen molar-refractivity contribution < 1.29 is 76.1 Å². The van der Waals surface area contributed by atoms with E-state index in [9.17, 15) is 33.6 Å². The first kappa shape index (κ1) is 86.7. The summed E-state index contributed by atoms with van der Waals surface area (Å²) in [6.45, 7) is 21.1. The number of Topliss-reactive ketones (excluding diaryl/α,β-unsaturated/α-hetero) is 3. The van der Waals surface area contributed by atoms with Gasteiger partial charge >= 0.3 is 17.9 Å². The highest BCUT2D eigenvalue weighted by molar-refractivity contribution is 9.10. The van der Waals surface area contributed by atoms with Crippen LogP contribution in [0.2, 0.25) is 0 Å². The number of halogens is 1. The Morgan fingerprint density at radius 2 is 0.957 bits per heavy atom. The van der Waals surface area contributed by atoms with E-state index in [1.165, 1.54) is 67.4 Å². The highest BCUT2D eigenvalue weighted by Gasteiger charge is 2.50. The van der Waals surface area contributed by atoms with Gasteiger partial charge in [-0.05, 0) is 230 Å². The fraction of sp³-hybridized carbons (Fsp3) is 0.567. The molecular formula is C90H115BrN8O17. The molecule has 0 bridgehead atoms. The standard InChI is InChI=1S/C24H28N4O3.C22H30O5.C20H25BrO4.C20H26O4.C4H6N4O/c1-14(29)10-15-6-8-24(9-7-15)18-5-4-16(11-17(18)12-30-24)20-23(2,3)31-22-19(28-20)21(25)26-13-27-22;1-15(2)22(25-10-11-26-22)18-4-5-19-17(13-18)14-27-21(19)8-6-16(7-9-21)12-20(23)24-3;1-19(2,21)18(23)14-4-5-16-15(11-14)12-25-20(16)8-6-13(7-9-20)10-17(22)24-3;1-13(2)19(22)15-4-5-17-16(11-15)12-24-20(17)8-6-14(7-9-20)10-18(21)23-3;5-2-3(6)7-1-8-4(2)9/h4-5,11,13,15H,6-10,12H2,1-3H3,(H2,25,26,27);4-5,13,15-16H,6-12,14H2,1-3H3;4-5,11,13H,6-10,12H2,1-3H3;4-5,11,13-14H,6-10,12H2,1-3H3;1H,5H2,(H3,6,7,8,9). The van der Waals surface area contributed by atoms with Crippen molar-refractivity contribution in [3.63, 3.8) is 0 Å². The Hall–Kier alpha value is -8.63. The fourth-order valence-electron chi connectivity index (χ4n) is 18.7. The van der Waals surface area contributed by atoms with Crippen LogP contribution in [-0.2, 0) is 116 Å². The Morgan fingerprint density at radius 3 is 1.37 bits per heavy atom. The molecule has 0 unspecified atom stereocenters. The number of alkyl halides is 1. The number of nitrogens with two attached hydrogens (primary N) is 3. The predicted molar refractivity (Wildman–Crippen MR) is 441 cm³/mol. The van der Waals surface area contributed by atoms with E-state index >= 15 is 0 Å². The van der Waals surface area contributed by atoms with E-state index in [0.717, 1.165) is 142 Å². The summed E-state index contributed by atoms with van der Waals surface area (Å²) in [5, 5.41) is 0. The van der Waals surface area contributed by atoms with Gasteiger partial charge in [-0.2, -0.15) is 4.98 Å². The van der Waals surface area contributed by atoms with Crippen LogP contribution in [0.4, 0.5) is 23.0 Å². The first-order chi connectivity index (χ1) is 55.2. The summed E-state index contributed by atoms with van der Waals surface area (Å²) in [6.07, 6.45) is 20.3. The van der Waals surface area contributed by atoms with Crippen LogP contribution in [0.5, 0.6) is 5.88 Å². The second-order valence-electron chi connectivity index (χ2n) is 34.5. The molecule has 4 spiro atoms. The minimum Gasteiger partial charge on any atom is -0.469 e. The Labute approximate surface area is 688 Å². The molecule has 624 valence electrons. The maximum absolute atomic E-state index is 12.5. The molecule has 16 rings (SSSR count). The average molecular weight is 1660 g/mol. The van der Waals surface area contributed by atoms with E-state index in [1.807, 2.05) is 65.8 Å². The number of carbonyl (C=O) groups excluding carboxylic acids is 6. The van der Waals surface area contributed by atoms with Crippen LogP contribution < -0.4 is 27.5 Å². The van der Waals surface area contributed by atoms with Gasteiger partial charge in [0.2, 0.25) is 5.88 Å². The molecule has 0 radical (unpaired) electrons. The number of ether oxygens (including phenoxy) is 10. The summed E-state index contributed by atoms with van der Waals surface area (Å²) in [4.78, 5) is 100. The molecule has 8 heterocycles. The Bertz CT molecular complexity index is 4700. The summed E-state index contributed by atoms with van der Waals surface area (Å²) >= 11 is 3.44. The molecule has 7 N–H and O–H groups in total. The summed E-state index contributed by atoms with van der Waals surface area (Å²) in [6, 6.07) is 25.0. The summed E-state index contributed by atoms with van der Waals surface area (Å²) in [5.74, 6) is 2.23. The Balaban J connectivity index is 0.000000138. The number of ketones is 3. The predicted octanol–water partition coefficient (Wildman–Crippen LogP) is 15.7. The van der Waals surface area contributed by atoms with Crippen LogP contribution >= 0.6 is 15.9 Å². The van der Waals surface area contributed by atoms with E-state index in [4.69, 9.17) is 69.6 Å². The number of hydrogen-bond acceptors (Lipinski definition) is 24. The smallest absolute Gasteiger partial charge is 0.305 e. The molecule has 5 fully saturated rings. The van der Waals surface area contributed by atoms with Crippen molar-refractivity contribution in [3.05, 3.63) is 163 Å². The first-order valence-corrected chi connectivity index (χ1v) is 41.8. The van der Waals surface area contributed by atoms with Crippen LogP contribution in [0.1, 0.15) is 267 Å².